The number of nitrogens with one attached hydrogen (secondary N) is 2. The number of guanidine groups is 1. The fourth-order valence-corrected chi connectivity index (χ4v) is 3.24. The average molecular weight is 395 g/mol. The van der Waals surface area contributed by atoms with Crippen molar-refractivity contribution in [1.29, 1.82) is 0 Å². The summed E-state index contributed by atoms with van der Waals surface area (Å²) >= 11 is 0. The first-order valence-electron chi connectivity index (χ1n) is 10.2. The van der Waals surface area contributed by atoms with Crippen molar-refractivity contribution in [1.82, 2.24) is 25.4 Å². The molecule has 0 radical (unpaired) electrons. The zero-order valence-electron chi connectivity index (χ0n) is 17.4. The van der Waals surface area contributed by atoms with Crippen LogP contribution in [0.15, 0.2) is 4.99 Å². The van der Waals surface area contributed by atoms with Gasteiger partial charge in [0.15, 0.2) is 11.8 Å². The number of methoxy groups -OCH3 is 1. The summed E-state index contributed by atoms with van der Waals surface area (Å²) in [6, 6.07) is 0.278. The molecule has 0 aromatic carbocycles. The number of unbranched alkanes of at least 4 members (excludes halogenated alkanes) is 3. The van der Waals surface area contributed by atoms with Gasteiger partial charge < -0.3 is 20.1 Å². The Morgan fingerprint density at radius 1 is 1.32 bits per heavy atom. The highest BCUT2D eigenvalue weighted by Crippen LogP contribution is 2.13. The summed E-state index contributed by atoms with van der Waals surface area (Å²) < 4.78 is 12.0. The van der Waals surface area contributed by atoms with Gasteiger partial charge in [-0.25, -0.2) is 9.67 Å². The number of carbonyl (C=O) groups excluding carboxylic acids is 1. The van der Waals surface area contributed by atoms with Crippen LogP contribution in [0.25, 0.3) is 0 Å². The maximum atomic E-state index is 11.3. The van der Waals surface area contributed by atoms with Crippen LogP contribution < -0.4 is 10.6 Å². The third-order valence-corrected chi connectivity index (χ3v) is 4.65. The van der Waals surface area contributed by atoms with Gasteiger partial charge in [-0.15, -0.1) is 0 Å². The highest BCUT2D eigenvalue weighted by Gasteiger charge is 2.22. The minimum absolute atomic E-state index is 0.0948. The molecule has 2 rings (SSSR count). The number of fused-ring (bicyclic) bond motifs is 1. The van der Waals surface area contributed by atoms with Gasteiger partial charge in [0.25, 0.3) is 0 Å². The Morgan fingerprint density at radius 2 is 2.14 bits per heavy atom. The van der Waals surface area contributed by atoms with E-state index in [0.29, 0.717) is 19.6 Å². The number of hydrogen-bond acceptors (Lipinski definition) is 6. The highest BCUT2D eigenvalue weighted by molar-refractivity contribution is 5.79. The first kappa shape index (κ1) is 22.1. The van der Waals surface area contributed by atoms with Crippen LogP contribution >= 0.6 is 0 Å². The minimum Gasteiger partial charge on any atom is -0.466 e. The van der Waals surface area contributed by atoms with Gasteiger partial charge in [-0.3, -0.25) is 9.79 Å². The van der Waals surface area contributed by atoms with Crippen molar-refractivity contribution < 1.29 is 14.3 Å². The lowest BCUT2D eigenvalue weighted by Crippen LogP contribution is -2.47. The SMILES string of the molecule is CCOC(=O)CCCCCCNC(=NC)NC1CCc2nc(COC)nn2C1. The fraction of sp³-hybridized carbons (Fsp3) is 0.789. The van der Waals surface area contributed by atoms with Crippen molar-refractivity contribution in [2.75, 3.05) is 27.3 Å². The van der Waals surface area contributed by atoms with E-state index in [0.717, 1.165) is 69.2 Å². The number of aliphatic imine (C=N–C) groups is 1. The molecule has 2 heterocycles. The molecule has 1 aromatic rings. The average Bonchev–Trinajstić information content (AvgIpc) is 3.08. The molecule has 0 spiro atoms. The van der Waals surface area contributed by atoms with E-state index in [1.807, 2.05) is 11.6 Å². The summed E-state index contributed by atoms with van der Waals surface area (Å²) in [6.07, 6.45) is 6.46. The molecule has 0 amide bonds. The van der Waals surface area contributed by atoms with Crippen molar-refractivity contribution in [2.24, 2.45) is 4.99 Å². The number of esters is 1. The van der Waals surface area contributed by atoms with Crippen molar-refractivity contribution in [3.05, 3.63) is 11.6 Å². The van der Waals surface area contributed by atoms with Crippen LogP contribution in [0.4, 0.5) is 0 Å². The Bertz CT molecular complexity index is 631. The van der Waals surface area contributed by atoms with E-state index < -0.39 is 0 Å². The molecule has 0 saturated carbocycles. The quantitative estimate of drug-likeness (QED) is 0.253. The van der Waals surface area contributed by atoms with Crippen LogP contribution in [0, 0.1) is 0 Å². The molecule has 1 unspecified atom stereocenters. The Morgan fingerprint density at radius 3 is 2.89 bits per heavy atom. The summed E-state index contributed by atoms with van der Waals surface area (Å²) in [5.74, 6) is 2.49. The number of nitrogens with zero attached hydrogens (tertiary/aromatic N) is 4. The van der Waals surface area contributed by atoms with E-state index in [2.05, 4.69) is 25.7 Å². The topological polar surface area (TPSA) is 103 Å². The second-order valence-electron chi connectivity index (χ2n) is 6.91. The number of aryl methyl sites for hydroxylation is 1. The molecule has 9 nitrogen and oxygen atoms in total. The predicted octanol–water partition coefficient (Wildman–Crippen LogP) is 1.42. The summed E-state index contributed by atoms with van der Waals surface area (Å²) in [5, 5.41) is 11.3. The summed E-state index contributed by atoms with van der Waals surface area (Å²) in [7, 11) is 3.44. The smallest absolute Gasteiger partial charge is 0.305 e. The largest absolute Gasteiger partial charge is 0.466 e. The second kappa shape index (κ2) is 12.3. The van der Waals surface area contributed by atoms with E-state index in [9.17, 15) is 4.79 Å². The van der Waals surface area contributed by atoms with Crippen LogP contribution in [0.2, 0.25) is 0 Å². The van der Waals surface area contributed by atoms with E-state index in [4.69, 9.17) is 9.47 Å². The number of carbonyl (C=O) groups is 1. The summed E-state index contributed by atoms with van der Waals surface area (Å²) in [6.45, 7) is 4.38. The number of ether oxygens (including phenoxy) is 2. The predicted molar refractivity (Wildman–Crippen MR) is 107 cm³/mol. The van der Waals surface area contributed by atoms with Crippen LogP contribution in [-0.4, -0.2) is 60.0 Å². The van der Waals surface area contributed by atoms with E-state index in [1.165, 1.54) is 0 Å². The third-order valence-electron chi connectivity index (χ3n) is 4.65. The van der Waals surface area contributed by atoms with Crippen molar-refractivity contribution in [2.45, 2.75) is 71.1 Å². The zero-order valence-corrected chi connectivity index (χ0v) is 17.4. The number of rotatable bonds is 11. The molecule has 1 aliphatic heterocycles. The molecular formula is C19H34N6O3. The number of hydrogen-bond donors (Lipinski definition) is 2. The molecule has 0 fully saturated rings. The number of aromatic nitrogens is 3. The van der Waals surface area contributed by atoms with Crippen LogP contribution in [-0.2, 0) is 33.8 Å². The Kier molecular flexibility index (Phi) is 9.74. The lowest BCUT2D eigenvalue weighted by Gasteiger charge is -2.25. The molecule has 0 saturated heterocycles. The summed E-state index contributed by atoms with van der Waals surface area (Å²) in [5.41, 5.74) is 0. The molecule has 1 atom stereocenters. The van der Waals surface area contributed by atoms with Gasteiger partial charge in [0.1, 0.15) is 12.4 Å². The molecule has 9 heteroatoms. The Hall–Kier alpha value is -2.16. The van der Waals surface area contributed by atoms with E-state index in [-0.39, 0.29) is 12.0 Å². The fourth-order valence-electron chi connectivity index (χ4n) is 3.24. The normalized spacial score (nSPS) is 16.5. The van der Waals surface area contributed by atoms with Crippen LogP contribution in [0.3, 0.4) is 0 Å². The Labute approximate surface area is 167 Å². The minimum atomic E-state index is -0.0948. The standard InChI is InChI=1S/C19H34N6O3/c1-4-28-18(26)9-7-5-6-8-12-21-19(20-2)22-15-10-11-17-23-16(14-27-3)24-25(17)13-15/h15H,4-14H2,1-3H3,(H2,20,21,22). The highest BCUT2D eigenvalue weighted by atomic mass is 16.5. The van der Waals surface area contributed by atoms with Crippen molar-refractivity contribution in [3.8, 4) is 0 Å². The second-order valence-corrected chi connectivity index (χ2v) is 6.91. The molecule has 1 aliphatic rings. The van der Waals surface area contributed by atoms with Gasteiger partial charge in [0, 0.05) is 39.6 Å². The van der Waals surface area contributed by atoms with Crippen molar-refractivity contribution in [3.63, 3.8) is 0 Å². The third kappa shape index (κ3) is 7.46. The van der Waals surface area contributed by atoms with E-state index in [1.54, 1.807) is 14.2 Å². The molecular weight excluding hydrogens is 360 g/mol. The van der Waals surface area contributed by atoms with Gasteiger partial charge in [0.2, 0.25) is 0 Å². The van der Waals surface area contributed by atoms with Crippen molar-refractivity contribution >= 4 is 11.9 Å². The maximum absolute atomic E-state index is 11.3. The monoisotopic (exact) mass is 394 g/mol. The first-order chi connectivity index (χ1) is 13.7. The van der Waals surface area contributed by atoms with E-state index >= 15 is 0 Å². The van der Waals surface area contributed by atoms with Gasteiger partial charge in [-0.05, 0) is 26.2 Å². The van der Waals surface area contributed by atoms with Gasteiger partial charge >= 0.3 is 5.97 Å². The molecule has 1 aromatic heterocycles. The maximum Gasteiger partial charge on any atom is 0.305 e. The Balaban J connectivity index is 1.62. The summed E-state index contributed by atoms with van der Waals surface area (Å²) in [4.78, 5) is 20.1. The first-order valence-corrected chi connectivity index (χ1v) is 10.2. The van der Waals surface area contributed by atoms with Gasteiger partial charge in [-0.2, -0.15) is 5.10 Å². The zero-order chi connectivity index (χ0) is 20.2. The molecule has 0 aliphatic carbocycles. The lowest BCUT2D eigenvalue weighted by atomic mass is 10.1. The molecule has 158 valence electrons. The molecule has 28 heavy (non-hydrogen) atoms. The molecule has 2 N–H and O–H groups in total. The lowest BCUT2D eigenvalue weighted by molar-refractivity contribution is -0.143. The van der Waals surface area contributed by atoms with Gasteiger partial charge in [-0.1, -0.05) is 12.8 Å². The van der Waals surface area contributed by atoms with Crippen LogP contribution in [0.1, 0.15) is 57.1 Å². The van der Waals surface area contributed by atoms with Crippen LogP contribution in [0.5, 0.6) is 0 Å². The molecule has 0 bridgehead atoms. The van der Waals surface area contributed by atoms with Gasteiger partial charge in [0.05, 0.1) is 13.2 Å².